The molecule has 0 saturated carbocycles. The first-order chi connectivity index (χ1) is 19.2. The number of nitrogens with zero attached hydrogens (tertiary/aromatic N) is 4. The fourth-order valence-electron chi connectivity index (χ4n) is 4.92. The molecule has 0 spiro atoms. The third-order valence-corrected chi connectivity index (χ3v) is 6.85. The highest BCUT2D eigenvalue weighted by Crippen LogP contribution is 2.40. The highest BCUT2D eigenvalue weighted by Gasteiger charge is 2.49. The van der Waals surface area contributed by atoms with Gasteiger partial charge < -0.3 is 24.7 Å². The molecule has 3 heterocycles. The molecule has 1 aromatic carbocycles. The quantitative estimate of drug-likeness (QED) is 0.380. The molecule has 220 valence electrons. The minimum absolute atomic E-state index is 0.00847. The Hall–Kier alpha value is -4.12. The summed E-state index contributed by atoms with van der Waals surface area (Å²) in [5, 5.41) is 17.2. The zero-order valence-electron chi connectivity index (χ0n) is 22.9. The molecule has 1 aliphatic rings. The molecule has 1 saturated heterocycles. The maximum atomic E-state index is 16.1. The van der Waals surface area contributed by atoms with Gasteiger partial charge in [0.05, 0.1) is 24.6 Å². The molecule has 3 atom stereocenters. The van der Waals surface area contributed by atoms with Gasteiger partial charge in [0.15, 0.2) is 11.9 Å². The zero-order valence-corrected chi connectivity index (χ0v) is 22.9. The van der Waals surface area contributed by atoms with Gasteiger partial charge in [0, 0.05) is 25.5 Å². The van der Waals surface area contributed by atoms with E-state index >= 15 is 4.39 Å². The number of pyridine rings is 1. The number of aromatic nitrogens is 3. The van der Waals surface area contributed by atoms with E-state index in [0.29, 0.717) is 5.69 Å². The SMILES string of the molecule is COC(c1ccc(Nc2nn([C@@]3(CC#N)CCN(C(=O)OC(C)(C)C)C[C@H]3F)c3cc[nH]c(=O)c23)cc1)C(F)(F)F. The Labute approximate surface area is 232 Å². The Morgan fingerprint density at radius 1 is 1.27 bits per heavy atom. The second kappa shape index (κ2) is 11.0. The molecule has 14 heteroatoms. The van der Waals surface area contributed by atoms with Crippen LogP contribution >= 0.6 is 0 Å². The summed E-state index contributed by atoms with van der Waals surface area (Å²) in [6, 6.07) is 8.75. The summed E-state index contributed by atoms with van der Waals surface area (Å²) in [6.45, 7) is 4.81. The fourth-order valence-corrected chi connectivity index (χ4v) is 4.92. The van der Waals surface area contributed by atoms with Crippen molar-refractivity contribution in [3.63, 3.8) is 0 Å². The molecule has 1 fully saturated rings. The highest BCUT2D eigenvalue weighted by atomic mass is 19.4. The minimum atomic E-state index is -4.61. The summed E-state index contributed by atoms with van der Waals surface area (Å²) < 4.78 is 67.1. The number of ether oxygens (including phenoxy) is 2. The summed E-state index contributed by atoms with van der Waals surface area (Å²) in [6.07, 6.45) is -8.07. The number of amides is 1. The third-order valence-electron chi connectivity index (χ3n) is 6.85. The molecule has 1 aliphatic heterocycles. The number of carbonyl (C=O) groups is 1. The number of anilines is 2. The molecule has 0 aliphatic carbocycles. The number of halogens is 4. The van der Waals surface area contributed by atoms with E-state index in [1.165, 1.54) is 46.1 Å². The van der Waals surface area contributed by atoms with Crippen LogP contribution in [0.4, 0.5) is 33.9 Å². The summed E-state index contributed by atoms with van der Waals surface area (Å²) in [5.41, 5.74) is -2.40. The molecular weight excluding hydrogens is 548 g/mol. The van der Waals surface area contributed by atoms with Crippen LogP contribution in [0.25, 0.3) is 10.9 Å². The van der Waals surface area contributed by atoms with Crippen molar-refractivity contribution in [2.75, 3.05) is 25.5 Å². The Kier molecular flexibility index (Phi) is 8.04. The lowest BCUT2D eigenvalue weighted by Gasteiger charge is -2.43. The number of carbonyl (C=O) groups excluding carboxylic acids is 1. The van der Waals surface area contributed by atoms with Gasteiger partial charge in [0.2, 0.25) is 0 Å². The van der Waals surface area contributed by atoms with Crippen LogP contribution in [-0.2, 0) is 15.0 Å². The molecule has 0 radical (unpaired) electrons. The van der Waals surface area contributed by atoms with Crippen LogP contribution < -0.4 is 10.9 Å². The maximum Gasteiger partial charge on any atom is 0.418 e. The van der Waals surface area contributed by atoms with Gasteiger partial charge >= 0.3 is 12.3 Å². The van der Waals surface area contributed by atoms with Crippen molar-refractivity contribution in [3.8, 4) is 6.07 Å². The number of hydrogen-bond acceptors (Lipinski definition) is 7. The number of rotatable bonds is 6. The number of piperidine rings is 1. The Balaban J connectivity index is 1.71. The average Bonchev–Trinajstić information content (AvgIpc) is 3.25. The first-order valence-electron chi connectivity index (χ1n) is 12.8. The van der Waals surface area contributed by atoms with E-state index in [-0.39, 0.29) is 48.2 Å². The van der Waals surface area contributed by atoms with Crippen LogP contribution in [0.3, 0.4) is 0 Å². The number of aromatic amines is 1. The van der Waals surface area contributed by atoms with Crippen molar-refractivity contribution < 1.29 is 31.8 Å². The molecule has 0 bridgehead atoms. The maximum absolute atomic E-state index is 16.1. The molecule has 41 heavy (non-hydrogen) atoms. The normalized spacial score (nSPS) is 20.5. The first kappa shape index (κ1) is 29.9. The average molecular weight is 579 g/mol. The van der Waals surface area contributed by atoms with Crippen molar-refractivity contribution in [2.24, 2.45) is 0 Å². The Morgan fingerprint density at radius 3 is 2.51 bits per heavy atom. The second-order valence-electron chi connectivity index (χ2n) is 10.8. The van der Waals surface area contributed by atoms with Crippen LogP contribution in [-0.4, -0.2) is 63.9 Å². The van der Waals surface area contributed by atoms with Crippen molar-refractivity contribution in [2.45, 2.75) is 63.2 Å². The number of fused-ring (bicyclic) bond motifs is 1. The summed E-state index contributed by atoms with van der Waals surface area (Å²) in [7, 11) is 0.961. The molecule has 3 aromatic rings. The second-order valence-corrected chi connectivity index (χ2v) is 10.8. The lowest BCUT2D eigenvalue weighted by atomic mass is 9.83. The van der Waals surface area contributed by atoms with Crippen molar-refractivity contribution >= 4 is 28.5 Å². The Bertz CT molecular complexity index is 1510. The van der Waals surface area contributed by atoms with Gasteiger partial charge in [-0.15, -0.1) is 0 Å². The van der Waals surface area contributed by atoms with Crippen LogP contribution in [0.2, 0.25) is 0 Å². The monoisotopic (exact) mass is 578 g/mol. The topological polar surface area (TPSA) is 125 Å². The molecule has 1 unspecified atom stereocenters. The van der Waals surface area contributed by atoms with E-state index in [4.69, 9.17) is 4.74 Å². The predicted molar refractivity (Wildman–Crippen MR) is 141 cm³/mol. The van der Waals surface area contributed by atoms with Crippen LogP contribution in [0.15, 0.2) is 41.3 Å². The third kappa shape index (κ3) is 6.00. The predicted octanol–water partition coefficient (Wildman–Crippen LogP) is 5.31. The van der Waals surface area contributed by atoms with E-state index < -0.39 is 41.2 Å². The smallest absolute Gasteiger partial charge is 0.418 e. The van der Waals surface area contributed by atoms with Gasteiger partial charge in [-0.05, 0) is 51.0 Å². The Morgan fingerprint density at radius 2 is 1.95 bits per heavy atom. The van der Waals surface area contributed by atoms with Gasteiger partial charge in [0.25, 0.3) is 5.56 Å². The molecule has 4 rings (SSSR count). The minimum Gasteiger partial charge on any atom is -0.444 e. The largest absolute Gasteiger partial charge is 0.444 e. The number of likely N-dealkylation sites (tertiary alicyclic amines) is 1. The number of alkyl halides is 4. The molecule has 2 aromatic heterocycles. The fraction of sp³-hybridized carbons (Fsp3) is 0.481. The van der Waals surface area contributed by atoms with E-state index in [2.05, 4.69) is 20.1 Å². The van der Waals surface area contributed by atoms with E-state index in [1.807, 2.05) is 6.07 Å². The highest BCUT2D eigenvalue weighted by molar-refractivity contribution is 5.91. The van der Waals surface area contributed by atoms with E-state index in [0.717, 1.165) is 7.11 Å². The van der Waals surface area contributed by atoms with Crippen molar-refractivity contribution in [1.29, 1.82) is 5.26 Å². The van der Waals surface area contributed by atoms with E-state index in [9.17, 15) is 28.0 Å². The lowest BCUT2D eigenvalue weighted by molar-refractivity contribution is -0.215. The van der Waals surface area contributed by atoms with Crippen LogP contribution in [0.1, 0.15) is 45.3 Å². The first-order valence-corrected chi connectivity index (χ1v) is 12.8. The van der Waals surface area contributed by atoms with Gasteiger partial charge in [-0.25, -0.2) is 9.18 Å². The zero-order chi connectivity index (χ0) is 30.2. The van der Waals surface area contributed by atoms with Gasteiger partial charge in [-0.1, -0.05) is 12.1 Å². The number of methoxy groups -OCH3 is 1. The summed E-state index contributed by atoms with van der Waals surface area (Å²) in [5.74, 6) is 0.0211. The summed E-state index contributed by atoms with van der Waals surface area (Å²) in [4.78, 5) is 29.3. The van der Waals surface area contributed by atoms with Crippen molar-refractivity contribution in [1.82, 2.24) is 19.7 Å². The van der Waals surface area contributed by atoms with Gasteiger partial charge in [-0.3, -0.25) is 9.48 Å². The standard InChI is InChI=1S/C27H30F4N6O4/c1-25(2,3)41-24(39)36-14-11-26(10-12-32,19(28)15-36)37-18-9-13-33-23(38)20(18)22(35-37)34-17-7-5-16(6-8-17)21(40-4)27(29,30)31/h5-9,13,19,21H,10-11,14-15H2,1-4H3,(H,33,38)(H,34,35)/t19-,21?,26+/m1/s1. The molecule has 10 nitrogen and oxygen atoms in total. The molecule has 1 amide bonds. The number of benzene rings is 1. The van der Waals surface area contributed by atoms with Crippen LogP contribution in [0, 0.1) is 11.3 Å². The lowest BCUT2D eigenvalue weighted by Crippen LogP contribution is -2.56. The van der Waals surface area contributed by atoms with E-state index in [1.54, 1.807) is 20.8 Å². The number of hydrogen-bond donors (Lipinski definition) is 2. The number of H-pyrrole nitrogens is 1. The number of nitriles is 1. The molecular formula is C27H30F4N6O4. The summed E-state index contributed by atoms with van der Waals surface area (Å²) >= 11 is 0. The molecule has 2 N–H and O–H groups in total. The van der Waals surface area contributed by atoms with Crippen molar-refractivity contribution in [3.05, 3.63) is 52.4 Å². The number of nitrogens with one attached hydrogen (secondary N) is 2. The van der Waals surface area contributed by atoms with Gasteiger partial charge in [0.1, 0.15) is 22.7 Å². The van der Waals surface area contributed by atoms with Crippen LogP contribution in [0.5, 0.6) is 0 Å². The van der Waals surface area contributed by atoms with Gasteiger partial charge in [-0.2, -0.15) is 23.5 Å².